The number of pyridine rings is 2. The van der Waals surface area contributed by atoms with Gasteiger partial charge in [0.1, 0.15) is 12.7 Å². The Morgan fingerprint density at radius 3 is 2.79 bits per heavy atom. The normalized spacial score (nSPS) is 15.6. The van der Waals surface area contributed by atoms with Crippen LogP contribution in [0.1, 0.15) is 22.1 Å². The van der Waals surface area contributed by atoms with Gasteiger partial charge in [-0.15, -0.1) is 0 Å². The van der Waals surface area contributed by atoms with Gasteiger partial charge in [-0.1, -0.05) is 30.3 Å². The minimum Gasteiger partial charge on any atom is -0.449 e. The van der Waals surface area contributed by atoms with Crippen molar-refractivity contribution in [1.82, 2.24) is 9.79 Å². The number of hydrogen-bond acceptors (Lipinski definition) is 3. The van der Waals surface area contributed by atoms with Crippen LogP contribution >= 0.6 is 0 Å². The maximum Gasteiger partial charge on any atom is 0.443 e. The highest BCUT2D eigenvalue weighted by molar-refractivity contribution is 6.82. The predicted molar refractivity (Wildman–Crippen MR) is 118 cm³/mol. The Bertz CT molecular complexity index is 1360. The van der Waals surface area contributed by atoms with E-state index in [1.807, 2.05) is 43.2 Å². The number of fused-ring (bicyclic) bond motifs is 3. The number of aromatic nitrogens is 2. The number of aryl methyl sites for hydroxylation is 2. The molecule has 0 N–H and O–H groups in total. The Labute approximate surface area is 175 Å². The third-order valence-electron chi connectivity index (χ3n) is 5.64. The molecule has 0 saturated carbocycles. The summed E-state index contributed by atoms with van der Waals surface area (Å²) in [5.74, 6) is 0. The van der Waals surface area contributed by atoms with E-state index in [1.165, 1.54) is 0 Å². The lowest BCUT2D eigenvalue weighted by molar-refractivity contribution is -0.653. The molecule has 4 aromatic rings. The second-order valence-electron chi connectivity index (χ2n) is 7.58. The van der Waals surface area contributed by atoms with Crippen molar-refractivity contribution < 1.29 is 13.1 Å². The van der Waals surface area contributed by atoms with Crippen molar-refractivity contribution in [1.29, 1.82) is 0 Å². The molecule has 0 bridgehead atoms. The van der Waals surface area contributed by atoms with Gasteiger partial charge in [-0.05, 0) is 55.9 Å². The molecule has 0 atom stereocenters. The molecule has 3 aromatic heterocycles. The van der Waals surface area contributed by atoms with E-state index in [2.05, 4.69) is 40.9 Å². The molecule has 1 aliphatic rings. The Hall–Kier alpha value is -3.34. The lowest BCUT2D eigenvalue weighted by Gasteiger charge is -2.26. The van der Waals surface area contributed by atoms with Crippen LogP contribution in [0.25, 0.3) is 27.8 Å². The van der Waals surface area contributed by atoms with Gasteiger partial charge in [0.2, 0.25) is 5.71 Å². The fraction of sp³-hybridized carbons (Fsp3) is 0.167. The van der Waals surface area contributed by atoms with Crippen LogP contribution in [0.4, 0.5) is 0 Å². The number of nitrogens with zero attached hydrogens (tertiary/aromatic N) is 3. The van der Waals surface area contributed by atoms with E-state index in [0.29, 0.717) is 16.9 Å². The van der Waals surface area contributed by atoms with Crippen molar-refractivity contribution in [3.63, 3.8) is 0 Å². The van der Waals surface area contributed by atoms with Gasteiger partial charge < -0.3 is 9.23 Å². The van der Waals surface area contributed by atoms with Crippen LogP contribution < -0.4 is 15.8 Å². The smallest absolute Gasteiger partial charge is 0.443 e. The van der Waals surface area contributed by atoms with Gasteiger partial charge in [0, 0.05) is 32.9 Å². The number of hydrogen-bond donors (Lipinski definition) is 0. The minimum absolute atomic E-state index is 0.276. The largest absolute Gasteiger partial charge is 0.449 e. The van der Waals surface area contributed by atoms with Crippen LogP contribution in [0.3, 0.4) is 0 Å². The van der Waals surface area contributed by atoms with Gasteiger partial charge in [0.15, 0.2) is 11.8 Å². The molecule has 29 heavy (non-hydrogen) atoms. The summed E-state index contributed by atoms with van der Waals surface area (Å²) < 4.78 is 32.6. The summed E-state index contributed by atoms with van der Waals surface area (Å²) in [6.07, 6.45) is 5.51. The molecule has 1 aliphatic heterocycles. The third kappa shape index (κ3) is 2.77. The molecule has 5 heteroatoms. The molecule has 5 rings (SSSR count). The van der Waals surface area contributed by atoms with Crippen LogP contribution in [0.5, 0.6) is 0 Å². The van der Waals surface area contributed by atoms with Gasteiger partial charge in [0.25, 0.3) is 0 Å². The van der Waals surface area contributed by atoms with Crippen LogP contribution in [0.15, 0.2) is 71.5 Å². The van der Waals surface area contributed by atoms with Gasteiger partial charge in [-0.3, -0.25) is 0 Å². The zero-order valence-electron chi connectivity index (χ0n) is 19.7. The number of furan rings is 1. The second kappa shape index (κ2) is 6.62. The van der Waals surface area contributed by atoms with Gasteiger partial charge in [-0.25, -0.2) is 9.55 Å². The van der Waals surface area contributed by atoms with E-state index in [9.17, 15) is 0 Å². The van der Waals surface area contributed by atoms with Crippen molar-refractivity contribution in [2.24, 2.45) is 7.05 Å². The highest BCUT2D eigenvalue weighted by Gasteiger charge is 2.41. The minimum atomic E-state index is -2.27. The summed E-state index contributed by atoms with van der Waals surface area (Å²) in [5.41, 5.74) is 6.41. The van der Waals surface area contributed by atoms with E-state index in [1.54, 1.807) is 18.5 Å². The second-order valence-corrected chi connectivity index (χ2v) is 7.58. The zero-order chi connectivity index (χ0) is 22.6. The fourth-order valence-electron chi connectivity index (χ4n) is 4.25. The van der Waals surface area contributed by atoms with E-state index < -0.39 is 6.85 Å². The Morgan fingerprint density at radius 2 is 2.00 bits per heavy atom. The standard InChI is InChI=1S/C24H23BN3O/c1-16-13-21(27(3)15-20(16)18-9-6-5-7-10-18)25-23-22(17(2)14-28(25)4)19-11-8-12-26-24(19)29-23/h5-15H,1-4H3/q+1/i2D3. The molecule has 0 spiro atoms. The quantitative estimate of drug-likeness (QED) is 0.394. The summed E-state index contributed by atoms with van der Waals surface area (Å²) in [6, 6.07) is 16.1. The lowest BCUT2D eigenvalue weighted by Crippen LogP contribution is -2.65. The van der Waals surface area contributed by atoms with Crippen LogP contribution in [-0.4, -0.2) is 23.7 Å². The topological polar surface area (TPSA) is 33.2 Å². The van der Waals surface area contributed by atoms with Crippen LogP contribution in [0, 0.1) is 6.92 Å². The molecule has 1 aromatic carbocycles. The first-order valence-corrected chi connectivity index (χ1v) is 9.63. The summed E-state index contributed by atoms with van der Waals surface area (Å²) in [7, 11) is 3.90. The molecule has 4 nitrogen and oxygen atoms in total. The summed E-state index contributed by atoms with van der Waals surface area (Å²) in [5, 5.41) is 0.725. The molecule has 4 heterocycles. The average Bonchev–Trinajstić information content (AvgIpc) is 3.14. The van der Waals surface area contributed by atoms with Crippen molar-refractivity contribution in [3.05, 3.63) is 78.3 Å². The van der Waals surface area contributed by atoms with Gasteiger partial charge in [-0.2, -0.15) is 0 Å². The highest BCUT2D eigenvalue weighted by atomic mass is 16.3. The van der Waals surface area contributed by atoms with Crippen LogP contribution in [0.2, 0.25) is 0 Å². The molecular formula is C24H23BN3O+. The monoisotopic (exact) mass is 383 g/mol. The lowest BCUT2D eigenvalue weighted by atomic mass is 9.51. The molecular weight excluding hydrogens is 357 g/mol. The summed E-state index contributed by atoms with van der Waals surface area (Å²) in [4.78, 5) is 6.27. The summed E-state index contributed by atoms with van der Waals surface area (Å²) in [6.45, 7) is -0.450. The molecule has 142 valence electrons. The van der Waals surface area contributed by atoms with Gasteiger partial charge in [0.05, 0.1) is 0 Å². The SMILES string of the molecule is [2H]C([2H])([2H])C1=CN(C)B(c2cc(C)c(-c3ccccc3)c[n+]2C)c2oc3ncccc3c21. The third-order valence-corrected chi connectivity index (χ3v) is 5.64. The first-order valence-electron chi connectivity index (χ1n) is 11.1. The van der Waals surface area contributed by atoms with E-state index in [0.717, 1.165) is 27.7 Å². The molecule has 0 radical (unpaired) electrons. The first-order chi connectivity index (χ1) is 15.3. The van der Waals surface area contributed by atoms with Crippen molar-refractivity contribution in [2.75, 3.05) is 7.05 Å². The summed E-state index contributed by atoms with van der Waals surface area (Å²) >= 11 is 0. The Morgan fingerprint density at radius 1 is 1.17 bits per heavy atom. The fourth-order valence-corrected chi connectivity index (χ4v) is 4.25. The van der Waals surface area contributed by atoms with Crippen molar-refractivity contribution in [2.45, 2.75) is 13.8 Å². The first kappa shape index (κ1) is 14.6. The number of benzene rings is 1. The Balaban J connectivity index is 1.72. The Kier molecular flexibility index (Phi) is 3.34. The maximum absolute atomic E-state index is 8.10. The predicted octanol–water partition coefficient (Wildman–Crippen LogP) is 3.04. The van der Waals surface area contributed by atoms with Crippen molar-refractivity contribution >= 4 is 34.8 Å². The molecule has 0 fully saturated rings. The average molecular weight is 383 g/mol. The van der Waals surface area contributed by atoms with Crippen LogP contribution in [-0.2, 0) is 7.05 Å². The number of allylic oxidation sites excluding steroid dienone is 1. The van der Waals surface area contributed by atoms with Gasteiger partial charge >= 0.3 is 6.85 Å². The molecule has 0 amide bonds. The highest BCUT2D eigenvalue weighted by Crippen LogP contribution is 2.28. The number of rotatable bonds is 2. The molecule has 0 aliphatic carbocycles. The van der Waals surface area contributed by atoms with Crippen molar-refractivity contribution in [3.8, 4) is 11.1 Å². The van der Waals surface area contributed by atoms with E-state index in [4.69, 9.17) is 8.53 Å². The maximum atomic E-state index is 8.10. The zero-order valence-corrected chi connectivity index (χ0v) is 16.7. The molecule has 0 unspecified atom stereocenters. The molecule has 0 saturated heterocycles. The van der Waals surface area contributed by atoms with E-state index >= 15 is 0 Å². The van der Waals surface area contributed by atoms with E-state index in [-0.39, 0.29) is 12.4 Å².